The summed E-state index contributed by atoms with van der Waals surface area (Å²) in [4.78, 5) is 22.8. The van der Waals surface area contributed by atoms with Gasteiger partial charge in [0.25, 0.3) is 0 Å². The minimum absolute atomic E-state index is 0.00453. The Morgan fingerprint density at radius 1 is 0.403 bits per heavy atom. The van der Waals surface area contributed by atoms with Crippen molar-refractivity contribution in [3.8, 4) is 78.1 Å². The fourth-order valence-corrected chi connectivity index (χ4v) is 10.4. The van der Waals surface area contributed by atoms with Gasteiger partial charge in [0.05, 0.1) is 11.4 Å². The molecular formula is C59H46N2O. The second-order valence-electron chi connectivity index (χ2n) is 17.1. The Kier molecular flexibility index (Phi) is 9.94. The highest BCUT2D eigenvalue weighted by Gasteiger charge is 2.43. The van der Waals surface area contributed by atoms with Gasteiger partial charge in [0.1, 0.15) is 5.78 Å². The Labute approximate surface area is 364 Å². The first-order chi connectivity index (χ1) is 30.6. The van der Waals surface area contributed by atoms with Crippen molar-refractivity contribution in [1.82, 2.24) is 9.97 Å². The van der Waals surface area contributed by atoms with Crippen LogP contribution in [-0.4, -0.2) is 15.8 Å². The Morgan fingerprint density at radius 3 is 1.26 bits per heavy atom. The van der Waals surface area contributed by atoms with Gasteiger partial charge in [0.2, 0.25) is 0 Å². The van der Waals surface area contributed by atoms with E-state index in [9.17, 15) is 4.79 Å². The lowest BCUT2D eigenvalue weighted by atomic mass is 9.74. The summed E-state index contributed by atoms with van der Waals surface area (Å²) in [6.45, 7) is 0. The van der Waals surface area contributed by atoms with Crippen molar-refractivity contribution in [2.45, 2.75) is 25.7 Å². The van der Waals surface area contributed by atoms with Crippen molar-refractivity contribution in [2.75, 3.05) is 0 Å². The number of hydrogen-bond acceptors (Lipinski definition) is 3. The zero-order chi connectivity index (χ0) is 41.4. The smallest absolute Gasteiger partial charge is 0.143 e. The number of benzene rings is 6. The van der Waals surface area contributed by atoms with E-state index >= 15 is 0 Å². The van der Waals surface area contributed by atoms with E-state index in [0.29, 0.717) is 11.7 Å². The summed E-state index contributed by atoms with van der Waals surface area (Å²) in [6.07, 6.45) is 15.0. The number of nitrogens with zero attached hydrogens (tertiary/aromatic N) is 2. The Hall–Kier alpha value is -7.23. The van der Waals surface area contributed by atoms with Gasteiger partial charge in [-0.2, -0.15) is 0 Å². The molecule has 2 heterocycles. The molecule has 0 radical (unpaired) electrons. The molecule has 2 atom stereocenters. The molecule has 3 saturated carbocycles. The number of carbonyl (C=O) groups is 1. The Bertz CT molecular complexity index is 2830. The van der Waals surface area contributed by atoms with Crippen molar-refractivity contribution < 1.29 is 4.79 Å². The summed E-state index contributed by atoms with van der Waals surface area (Å²) >= 11 is 0. The average molecular weight is 799 g/mol. The monoisotopic (exact) mass is 798 g/mol. The Morgan fingerprint density at radius 2 is 0.806 bits per heavy atom. The van der Waals surface area contributed by atoms with E-state index in [1.807, 2.05) is 36.7 Å². The van der Waals surface area contributed by atoms with Gasteiger partial charge in [-0.15, -0.1) is 0 Å². The normalized spacial score (nSPS) is 19.1. The molecule has 3 heteroatoms. The van der Waals surface area contributed by atoms with Crippen LogP contribution in [0.3, 0.4) is 0 Å². The van der Waals surface area contributed by atoms with Crippen LogP contribution in [0.25, 0.3) is 83.7 Å². The maximum absolute atomic E-state index is 13.7. The second kappa shape index (κ2) is 16.3. The number of aromatic nitrogens is 2. The molecule has 4 aliphatic carbocycles. The molecule has 2 aromatic heterocycles. The highest BCUT2D eigenvalue weighted by Crippen LogP contribution is 2.48. The summed E-state index contributed by atoms with van der Waals surface area (Å²) in [6, 6.07) is 63.1. The van der Waals surface area contributed by atoms with Crippen molar-refractivity contribution in [3.05, 3.63) is 212 Å². The number of rotatable bonds is 8. The molecule has 4 aliphatic rings. The first-order valence-corrected chi connectivity index (χ1v) is 22.1. The Balaban J connectivity index is 1.06. The summed E-state index contributed by atoms with van der Waals surface area (Å²) in [5, 5.41) is 0. The lowest BCUT2D eigenvalue weighted by Crippen LogP contribution is -2.25. The third-order valence-corrected chi connectivity index (χ3v) is 13.6. The van der Waals surface area contributed by atoms with Gasteiger partial charge in [-0.3, -0.25) is 14.8 Å². The van der Waals surface area contributed by atoms with Crippen LogP contribution in [0.5, 0.6) is 0 Å². The third-order valence-electron chi connectivity index (χ3n) is 13.6. The largest absolute Gasteiger partial charge is 0.299 e. The summed E-state index contributed by atoms with van der Waals surface area (Å²) in [5.41, 5.74) is 18.2. The fraction of sp³-hybridized carbons (Fsp3) is 0.136. The van der Waals surface area contributed by atoms with E-state index in [2.05, 4.69) is 180 Å². The minimum atomic E-state index is 0.00453. The zero-order valence-electron chi connectivity index (χ0n) is 34.6. The molecule has 0 aliphatic heterocycles. The summed E-state index contributed by atoms with van der Waals surface area (Å²) in [7, 11) is 0. The van der Waals surface area contributed by atoms with Crippen LogP contribution < -0.4 is 0 Å². The van der Waals surface area contributed by atoms with Gasteiger partial charge in [0, 0.05) is 35.4 Å². The van der Waals surface area contributed by atoms with Gasteiger partial charge in [-0.05, 0) is 147 Å². The number of pyridine rings is 2. The molecule has 3 nitrogen and oxygen atoms in total. The maximum atomic E-state index is 13.7. The van der Waals surface area contributed by atoms with Crippen LogP contribution in [0.2, 0.25) is 0 Å². The number of allylic oxidation sites excluding steroid dienone is 4. The van der Waals surface area contributed by atoms with E-state index in [-0.39, 0.29) is 17.8 Å². The maximum Gasteiger partial charge on any atom is 0.143 e. The summed E-state index contributed by atoms with van der Waals surface area (Å²) in [5.74, 6) is 1.52. The molecule has 2 unspecified atom stereocenters. The van der Waals surface area contributed by atoms with Crippen LogP contribution in [0, 0.1) is 23.7 Å². The van der Waals surface area contributed by atoms with Crippen molar-refractivity contribution >= 4 is 11.4 Å². The molecule has 6 aromatic carbocycles. The third kappa shape index (κ3) is 7.14. The topological polar surface area (TPSA) is 42.9 Å². The summed E-state index contributed by atoms with van der Waals surface area (Å²) < 4.78 is 0. The van der Waals surface area contributed by atoms with E-state index < -0.39 is 0 Å². The van der Waals surface area contributed by atoms with E-state index in [0.717, 1.165) is 76.0 Å². The fourth-order valence-electron chi connectivity index (χ4n) is 10.4. The SMILES string of the molecule is O=C1C2CCC(CC2)C2C=C(c3ccccc3-c3cc(-c4ccccc4-c4ccc(-c5ccccn5)cc4)cc(-c4ccccc4-c4ccc(-c5ccccn5)cc4)c3)C=CC12. The van der Waals surface area contributed by atoms with Gasteiger partial charge in [-0.1, -0.05) is 152 Å². The number of carbonyl (C=O) groups excluding carboxylic acids is 1. The molecule has 298 valence electrons. The molecule has 62 heavy (non-hydrogen) atoms. The van der Waals surface area contributed by atoms with Crippen LogP contribution in [0.4, 0.5) is 0 Å². The standard InChI is InChI=1S/C59H46N2O/c62-59-44-29-23-41(24-30-44)56-38-45(31-32-55(56)59)51-13-3-6-16-54(51)48-36-46(52-14-4-1-11-49(52)39-19-25-42(26-20-39)57-17-7-9-33-60-57)35-47(37-48)53-15-5-2-12-50(53)40-21-27-43(28-22-40)58-18-8-10-34-61-58/h1-22,25-28,31-38,41,44,55-56H,23-24,29-30H2. The average Bonchev–Trinajstić information content (AvgIpc) is 3.57. The highest BCUT2D eigenvalue weighted by atomic mass is 16.1. The van der Waals surface area contributed by atoms with E-state index in [1.54, 1.807) is 0 Å². The number of ketones is 1. The van der Waals surface area contributed by atoms with Crippen LogP contribution in [0.15, 0.2) is 207 Å². The van der Waals surface area contributed by atoms with Gasteiger partial charge in [0.15, 0.2) is 0 Å². The molecule has 12 rings (SSSR count). The molecule has 0 amide bonds. The lowest BCUT2D eigenvalue weighted by molar-refractivity contribution is -0.125. The van der Waals surface area contributed by atoms with Gasteiger partial charge < -0.3 is 0 Å². The lowest BCUT2D eigenvalue weighted by Gasteiger charge is -2.29. The first-order valence-electron chi connectivity index (χ1n) is 22.1. The first kappa shape index (κ1) is 37.7. The van der Waals surface area contributed by atoms with Crippen LogP contribution >= 0.6 is 0 Å². The number of hydrogen-bond donors (Lipinski definition) is 0. The predicted molar refractivity (Wildman–Crippen MR) is 255 cm³/mol. The van der Waals surface area contributed by atoms with Crippen molar-refractivity contribution in [1.29, 1.82) is 0 Å². The quantitative estimate of drug-likeness (QED) is 0.154. The molecule has 0 N–H and O–H groups in total. The highest BCUT2D eigenvalue weighted by molar-refractivity contribution is 5.95. The van der Waals surface area contributed by atoms with E-state index in [4.69, 9.17) is 0 Å². The molecular weight excluding hydrogens is 753 g/mol. The van der Waals surface area contributed by atoms with Crippen LogP contribution in [0.1, 0.15) is 31.2 Å². The second-order valence-corrected chi connectivity index (χ2v) is 17.1. The predicted octanol–water partition coefficient (Wildman–Crippen LogP) is 14.7. The number of Topliss-reactive ketones (excluding diaryl/α,β-unsaturated/α-hetero) is 1. The van der Waals surface area contributed by atoms with Crippen LogP contribution in [-0.2, 0) is 4.79 Å². The van der Waals surface area contributed by atoms with Gasteiger partial charge >= 0.3 is 0 Å². The zero-order valence-corrected chi connectivity index (χ0v) is 34.6. The molecule has 8 aromatic rings. The number of fused-ring (bicyclic) bond motifs is 2. The molecule has 0 spiro atoms. The van der Waals surface area contributed by atoms with Crippen molar-refractivity contribution in [2.24, 2.45) is 23.7 Å². The molecule has 0 saturated heterocycles. The van der Waals surface area contributed by atoms with Gasteiger partial charge in [-0.25, -0.2) is 0 Å². The minimum Gasteiger partial charge on any atom is -0.299 e. The van der Waals surface area contributed by atoms with E-state index in [1.165, 1.54) is 39.0 Å². The molecule has 2 bridgehead atoms. The van der Waals surface area contributed by atoms with Crippen molar-refractivity contribution in [3.63, 3.8) is 0 Å². The molecule has 3 fully saturated rings.